The van der Waals surface area contributed by atoms with Gasteiger partial charge in [-0.3, -0.25) is 4.79 Å². The number of rotatable bonds is 3. The fourth-order valence-electron chi connectivity index (χ4n) is 2.99. The molecule has 0 spiro atoms. The van der Waals surface area contributed by atoms with Gasteiger partial charge in [-0.1, -0.05) is 27.7 Å². The second kappa shape index (κ2) is 3.89. The highest BCUT2D eigenvalue weighted by Gasteiger charge is 2.47. The van der Waals surface area contributed by atoms with Crippen LogP contribution >= 0.6 is 0 Å². The van der Waals surface area contributed by atoms with Crippen LogP contribution in [0.25, 0.3) is 0 Å². The first-order chi connectivity index (χ1) is 6.67. The summed E-state index contributed by atoms with van der Waals surface area (Å²) in [5.41, 5.74) is 6.21. The number of carbonyl (C=O) groups excluding carboxylic acids is 1. The molecule has 0 aromatic carbocycles. The van der Waals surface area contributed by atoms with E-state index in [0.717, 1.165) is 0 Å². The molecular formula is C13H25NO. The molecule has 1 aliphatic rings. The van der Waals surface area contributed by atoms with Crippen molar-refractivity contribution >= 4 is 5.78 Å². The van der Waals surface area contributed by atoms with Crippen LogP contribution in [-0.4, -0.2) is 11.8 Å². The van der Waals surface area contributed by atoms with Gasteiger partial charge in [0.15, 0.2) is 0 Å². The molecule has 88 valence electrons. The van der Waals surface area contributed by atoms with Crippen molar-refractivity contribution < 1.29 is 4.79 Å². The van der Waals surface area contributed by atoms with Gasteiger partial charge in [0.05, 0.1) is 6.04 Å². The van der Waals surface area contributed by atoms with Gasteiger partial charge >= 0.3 is 0 Å². The van der Waals surface area contributed by atoms with E-state index < -0.39 is 0 Å². The van der Waals surface area contributed by atoms with Crippen LogP contribution in [0, 0.1) is 16.7 Å². The fourth-order valence-corrected chi connectivity index (χ4v) is 2.99. The molecule has 0 bridgehead atoms. The highest BCUT2D eigenvalue weighted by atomic mass is 16.1. The smallest absolute Gasteiger partial charge is 0.149 e. The van der Waals surface area contributed by atoms with Crippen LogP contribution in [0.3, 0.4) is 0 Å². The minimum atomic E-state index is -0.308. The quantitative estimate of drug-likeness (QED) is 0.780. The van der Waals surface area contributed by atoms with E-state index >= 15 is 0 Å². The standard InChI is InChI=1S/C13H25NO/c1-9(14)10(15)8-11-12(2,3)6-7-13(11,4)5/h9,11H,6-8,14H2,1-5H3. The summed E-state index contributed by atoms with van der Waals surface area (Å²) in [5.74, 6) is 0.687. The van der Waals surface area contributed by atoms with Crippen LogP contribution in [0.1, 0.15) is 53.9 Å². The van der Waals surface area contributed by atoms with Crippen LogP contribution in [0.5, 0.6) is 0 Å². The van der Waals surface area contributed by atoms with Gasteiger partial charge in [-0.15, -0.1) is 0 Å². The lowest BCUT2D eigenvalue weighted by molar-refractivity contribution is -0.122. The van der Waals surface area contributed by atoms with Gasteiger partial charge in [-0.05, 0) is 36.5 Å². The Kier molecular flexibility index (Phi) is 3.30. The molecule has 2 nitrogen and oxygen atoms in total. The summed E-state index contributed by atoms with van der Waals surface area (Å²) in [6, 6.07) is -0.308. The van der Waals surface area contributed by atoms with E-state index in [9.17, 15) is 4.79 Å². The molecule has 1 atom stereocenters. The number of carbonyl (C=O) groups is 1. The summed E-state index contributed by atoms with van der Waals surface area (Å²) in [6.45, 7) is 10.9. The Morgan fingerprint density at radius 3 is 2.00 bits per heavy atom. The molecule has 0 aromatic heterocycles. The Hall–Kier alpha value is -0.370. The van der Waals surface area contributed by atoms with Crippen LogP contribution in [0.4, 0.5) is 0 Å². The molecule has 1 unspecified atom stereocenters. The minimum Gasteiger partial charge on any atom is -0.322 e. The maximum absolute atomic E-state index is 11.7. The molecule has 1 aliphatic carbocycles. The Morgan fingerprint density at radius 1 is 1.27 bits per heavy atom. The first kappa shape index (κ1) is 12.7. The molecule has 2 N–H and O–H groups in total. The number of nitrogens with two attached hydrogens (primary N) is 1. The van der Waals surface area contributed by atoms with Gasteiger partial charge in [0, 0.05) is 6.42 Å². The predicted molar refractivity (Wildman–Crippen MR) is 63.6 cm³/mol. The monoisotopic (exact) mass is 211 g/mol. The molecule has 1 saturated carbocycles. The second-order valence-corrected chi connectivity index (χ2v) is 6.49. The Bertz CT molecular complexity index is 237. The number of hydrogen-bond donors (Lipinski definition) is 1. The van der Waals surface area contributed by atoms with Crippen molar-refractivity contribution in [2.24, 2.45) is 22.5 Å². The molecule has 0 amide bonds. The van der Waals surface area contributed by atoms with Crippen molar-refractivity contribution in [2.45, 2.75) is 59.9 Å². The topological polar surface area (TPSA) is 43.1 Å². The van der Waals surface area contributed by atoms with Crippen LogP contribution < -0.4 is 5.73 Å². The van der Waals surface area contributed by atoms with Crippen molar-refractivity contribution in [3.8, 4) is 0 Å². The summed E-state index contributed by atoms with van der Waals surface area (Å²) >= 11 is 0. The minimum absolute atomic E-state index is 0.211. The van der Waals surface area contributed by atoms with Gasteiger partial charge in [0.2, 0.25) is 0 Å². The summed E-state index contributed by atoms with van der Waals surface area (Å²) in [5, 5.41) is 0. The van der Waals surface area contributed by atoms with Crippen molar-refractivity contribution in [1.29, 1.82) is 0 Å². The third-order valence-corrected chi connectivity index (χ3v) is 4.21. The first-order valence-corrected chi connectivity index (χ1v) is 5.95. The van der Waals surface area contributed by atoms with Gasteiger partial charge in [-0.2, -0.15) is 0 Å². The number of hydrogen-bond acceptors (Lipinski definition) is 2. The molecule has 0 saturated heterocycles. The lowest BCUT2D eigenvalue weighted by Gasteiger charge is -2.35. The molecule has 0 aliphatic heterocycles. The number of Topliss-reactive ketones (excluding diaryl/α,β-unsaturated/α-hetero) is 1. The van der Waals surface area contributed by atoms with Crippen LogP contribution in [0.2, 0.25) is 0 Å². The summed E-state index contributed by atoms with van der Waals surface area (Å²) < 4.78 is 0. The van der Waals surface area contributed by atoms with Gasteiger partial charge in [0.1, 0.15) is 5.78 Å². The SMILES string of the molecule is CC(N)C(=O)CC1C(C)(C)CCC1(C)C. The average molecular weight is 211 g/mol. The van der Waals surface area contributed by atoms with Crippen LogP contribution in [0.15, 0.2) is 0 Å². The van der Waals surface area contributed by atoms with E-state index in [1.807, 2.05) is 0 Å². The van der Waals surface area contributed by atoms with E-state index in [1.165, 1.54) is 12.8 Å². The highest BCUT2D eigenvalue weighted by Crippen LogP contribution is 2.55. The van der Waals surface area contributed by atoms with Crippen LogP contribution in [-0.2, 0) is 4.79 Å². The molecule has 0 heterocycles. The molecular weight excluding hydrogens is 186 g/mol. The zero-order chi connectivity index (χ0) is 11.9. The zero-order valence-electron chi connectivity index (χ0n) is 10.8. The lowest BCUT2D eigenvalue weighted by Crippen LogP contribution is -2.35. The summed E-state index contributed by atoms with van der Waals surface area (Å²) in [7, 11) is 0. The maximum atomic E-state index is 11.7. The zero-order valence-corrected chi connectivity index (χ0v) is 10.8. The van der Waals surface area contributed by atoms with E-state index in [1.54, 1.807) is 6.92 Å². The highest BCUT2D eigenvalue weighted by molar-refractivity contribution is 5.83. The third kappa shape index (κ3) is 2.60. The molecule has 0 aromatic rings. The van der Waals surface area contributed by atoms with Crippen molar-refractivity contribution in [2.75, 3.05) is 0 Å². The largest absolute Gasteiger partial charge is 0.322 e. The number of ketones is 1. The van der Waals surface area contributed by atoms with E-state index in [0.29, 0.717) is 12.3 Å². The van der Waals surface area contributed by atoms with Gasteiger partial charge in [0.25, 0.3) is 0 Å². The molecule has 1 rings (SSSR count). The Morgan fingerprint density at radius 2 is 1.67 bits per heavy atom. The Balaban J connectivity index is 2.77. The molecule has 2 heteroatoms. The fraction of sp³-hybridized carbons (Fsp3) is 0.923. The second-order valence-electron chi connectivity index (χ2n) is 6.49. The molecule has 0 radical (unpaired) electrons. The van der Waals surface area contributed by atoms with E-state index in [4.69, 9.17) is 5.73 Å². The maximum Gasteiger partial charge on any atom is 0.149 e. The first-order valence-electron chi connectivity index (χ1n) is 5.95. The third-order valence-electron chi connectivity index (χ3n) is 4.21. The van der Waals surface area contributed by atoms with Gasteiger partial charge in [-0.25, -0.2) is 0 Å². The van der Waals surface area contributed by atoms with E-state index in [2.05, 4.69) is 27.7 Å². The summed E-state index contributed by atoms with van der Waals surface area (Å²) in [4.78, 5) is 11.7. The van der Waals surface area contributed by atoms with Gasteiger partial charge < -0.3 is 5.73 Å². The summed E-state index contributed by atoms with van der Waals surface area (Å²) in [6.07, 6.45) is 3.09. The van der Waals surface area contributed by atoms with Crippen molar-refractivity contribution in [3.05, 3.63) is 0 Å². The van der Waals surface area contributed by atoms with E-state index in [-0.39, 0.29) is 22.7 Å². The van der Waals surface area contributed by atoms with Crippen molar-refractivity contribution in [1.82, 2.24) is 0 Å². The Labute approximate surface area is 93.6 Å². The average Bonchev–Trinajstić information content (AvgIpc) is 2.28. The predicted octanol–water partition coefficient (Wildman–Crippen LogP) is 2.76. The molecule has 1 fully saturated rings. The van der Waals surface area contributed by atoms with Crippen molar-refractivity contribution in [3.63, 3.8) is 0 Å². The normalized spacial score (nSPS) is 26.5. The molecule has 15 heavy (non-hydrogen) atoms. The lowest BCUT2D eigenvalue weighted by atomic mass is 9.69.